The highest BCUT2D eigenvalue weighted by atomic mass is 19.4. The fraction of sp³-hybridized carbons (Fsp3) is 0.421. The molecule has 2 aromatic rings. The second kappa shape index (κ2) is 8.04. The quantitative estimate of drug-likeness (QED) is 0.837. The lowest BCUT2D eigenvalue weighted by Gasteiger charge is -2.35. The second-order valence-corrected chi connectivity index (χ2v) is 6.77. The second-order valence-electron chi connectivity index (χ2n) is 6.77. The van der Waals surface area contributed by atoms with E-state index in [9.17, 15) is 22.8 Å². The summed E-state index contributed by atoms with van der Waals surface area (Å²) in [6.45, 7) is 0.513. The summed E-state index contributed by atoms with van der Waals surface area (Å²) in [6.07, 6.45) is -0.196. The van der Waals surface area contributed by atoms with Gasteiger partial charge < -0.3 is 10.0 Å². The number of hydrogen-bond acceptors (Lipinski definition) is 3. The lowest BCUT2D eigenvalue weighted by molar-refractivity contribution is -0.138. The molecule has 1 aliphatic rings. The van der Waals surface area contributed by atoms with Crippen LogP contribution in [-0.2, 0) is 11.0 Å². The van der Waals surface area contributed by atoms with E-state index in [1.54, 1.807) is 4.90 Å². The molecule has 2 heterocycles. The zero-order valence-electron chi connectivity index (χ0n) is 15.0. The number of aliphatic carboxylic acids is 1. The minimum atomic E-state index is -4.47. The van der Waals surface area contributed by atoms with Gasteiger partial charge >= 0.3 is 12.1 Å². The van der Waals surface area contributed by atoms with Crippen LogP contribution < -0.4 is 0 Å². The Morgan fingerprint density at radius 1 is 1.21 bits per heavy atom. The maximum Gasteiger partial charge on any atom is 0.416 e. The van der Waals surface area contributed by atoms with Gasteiger partial charge in [0.25, 0.3) is 5.91 Å². The molecule has 1 aliphatic heterocycles. The molecular formula is C19H20F3N3O3. The number of halogens is 3. The van der Waals surface area contributed by atoms with Gasteiger partial charge in [0, 0.05) is 25.2 Å². The Hall–Kier alpha value is -2.84. The monoisotopic (exact) mass is 395 g/mol. The van der Waals surface area contributed by atoms with Crippen LogP contribution >= 0.6 is 0 Å². The largest absolute Gasteiger partial charge is 0.481 e. The van der Waals surface area contributed by atoms with E-state index in [1.807, 2.05) is 0 Å². The Labute approximate surface area is 159 Å². The van der Waals surface area contributed by atoms with Gasteiger partial charge in [0.05, 0.1) is 11.3 Å². The third kappa shape index (κ3) is 4.52. The number of carbonyl (C=O) groups excluding carboxylic acids is 1. The molecule has 1 unspecified atom stereocenters. The summed E-state index contributed by atoms with van der Waals surface area (Å²) in [5.41, 5.74) is -0.465. The molecule has 0 aliphatic carbocycles. The van der Waals surface area contributed by atoms with Crippen molar-refractivity contribution in [2.24, 2.45) is 0 Å². The SMILES string of the molecule is O=C(O)CCC1CCCCN1C(=O)c1ccn(-c2cccc(C(F)(F)F)c2)n1. The van der Waals surface area contributed by atoms with Crippen molar-refractivity contribution in [2.75, 3.05) is 6.54 Å². The maximum atomic E-state index is 12.9. The van der Waals surface area contributed by atoms with E-state index in [1.165, 1.54) is 29.1 Å². The summed E-state index contributed by atoms with van der Waals surface area (Å²) in [5, 5.41) is 13.0. The summed E-state index contributed by atoms with van der Waals surface area (Å²) < 4.78 is 39.9. The van der Waals surface area contributed by atoms with Gasteiger partial charge in [-0.3, -0.25) is 9.59 Å². The number of carbonyl (C=O) groups is 2. The van der Waals surface area contributed by atoms with Crippen molar-refractivity contribution in [2.45, 2.75) is 44.3 Å². The Morgan fingerprint density at radius 2 is 2.00 bits per heavy atom. The molecule has 1 aromatic carbocycles. The number of benzene rings is 1. The molecule has 6 nitrogen and oxygen atoms in total. The smallest absolute Gasteiger partial charge is 0.416 e. The van der Waals surface area contributed by atoms with Crippen molar-refractivity contribution in [3.05, 3.63) is 47.8 Å². The van der Waals surface area contributed by atoms with E-state index in [2.05, 4.69) is 5.10 Å². The van der Waals surface area contributed by atoms with Gasteiger partial charge in [0.15, 0.2) is 5.69 Å². The average Bonchev–Trinajstić information content (AvgIpc) is 3.16. The molecule has 1 atom stereocenters. The van der Waals surface area contributed by atoms with Crippen molar-refractivity contribution in [1.82, 2.24) is 14.7 Å². The van der Waals surface area contributed by atoms with Gasteiger partial charge in [-0.05, 0) is 49.9 Å². The van der Waals surface area contributed by atoms with Gasteiger partial charge in [-0.1, -0.05) is 6.07 Å². The number of alkyl halides is 3. The highest BCUT2D eigenvalue weighted by Gasteiger charge is 2.31. The van der Waals surface area contributed by atoms with Gasteiger partial charge in [0.1, 0.15) is 0 Å². The van der Waals surface area contributed by atoms with E-state index in [-0.39, 0.29) is 29.8 Å². The van der Waals surface area contributed by atoms with Crippen LogP contribution in [0, 0.1) is 0 Å². The molecule has 150 valence electrons. The third-order valence-corrected chi connectivity index (χ3v) is 4.83. The van der Waals surface area contributed by atoms with E-state index in [0.29, 0.717) is 13.0 Å². The fourth-order valence-corrected chi connectivity index (χ4v) is 3.41. The normalized spacial score (nSPS) is 17.5. The summed E-state index contributed by atoms with van der Waals surface area (Å²) in [4.78, 5) is 25.3. The molecular weight excluding hydrogens is 375 g/mol. The van der Waals surface area contributed by atoms with Crippen LogP contribution in [0.2, 0.25) is 0 Å². The molecule has 0 spiro atoms. The Kier molecular flexibility index (Phi) is 5.71. The Balaban J connectivity index is 1.79. The number of amides is 1. The maximum absolute atomic E-state index is 12.9. The van der Waals surface area contributed by atoms with E-state index in [4.69, 9.17) is 5.11 Å². The zero-order valence-corrected chi connectivity index (χ0v) is 15.0. The minimum absolute atomic E-state index is 0.0207. The zero-order chi connectivity index (χ0) is 20.3. The van der Waals surface area contributed by atoms with Gasteiger partial charge in [-0.2, -0.15) is 18.3 Å². The first-order chi connectivity index (χ1) is 13.3. The number of carboxylic acid groups (broad SMARTS) is 1. The lowest BCUT2D eigenvalue weighted by atomic mass is 9.97. The molecule has 1 amide bonds. The average molecular weight is 395 g/mol. The molecule has 3 rings (SSSR count). The number of piperidine rings is 1. The number of carboxylic acids is 1. The number of hydrogen-bond donors (Lipinski definition) is 1. The third-order valence-electron chi connectivity index (χ3n) is 4.83. The molecule has 0 bridgehead atoms. The van der Waals surface area contributed by atoms with Gasteiger partial charge in [0.2, 0.25) is 0 Å². The number of rotatable bonds is 5. The summed E-state index contributed by atoms with van der Waals surface area (Å²) >= 11 is 0. The molecule has 1 aromatic heterocycles. The highest BCUT2D eigenvalue weighted by molar-refractivity contribution is 5.92. The Bertz CT molecular complexity index is 863. The van der Waals surface area contributed by atoms with Crippen molar-refractivity contribution >= 4 is 11.9 Å². The summed E-state index contributed by atoms with van der Waals surface area (Å²) in [6, 6.07) is 6.00. The molecule has 1 saturated heterocycles. The summed E-state index contributed by atoms with van der Waals surface area (Å²) in [7, 11) is 0. The van der Waals surface area contributed by atoms with Crippen LogP contribution in [0.5, 0.6) is 0 Å². The van der Waals surface area contributed by atoms with Crippen molar-refractivity contribution < 1.29 is 27.9 Å². The van der Waals surface area contributed by atoms with Gasteiger partial charge in [-0.25, -0.2) is 4.68 Å². The molecule has 28 heavy (non-hydrogen) atoms. The highest BCUT2D eigenvalue weighted by Crippen LogP contribution is 2.30. The molecule has 0 saturated carbocycles. The van der Waals surface area contributed by atoms with E-state index < -0.39 is 17.7 Å². The number of nitrogens with zero attached hydrogens (tertiary/aromatic N) is 3. The van der Waals surface area contributed by atoms with Crippen LogP contribution in [0.1, 0.15) is 48.2 Å². The lowest BCUT2D eigenvalue weighted by Crippen LogP contribution is -2.44. The summed E-state index contributed by atoms with van der Waals surface area (Å²) in [5.74, 6) is -1.24. The first kappa shape index (κ1) is 19.9. The number of aromatic nitrogens is 2. The van der Waals surface area contributed by atoms with Crippen LogP contribution in [0.4, 0.5) is 13.2 Å². The predicted molar refractivity (Wildman–Crippen MR) is 94.1 cm³/mol. The van der Waals surface area contributed by atoms with E-state index in [0.717, 1.165) is 31.4 Å². The van der Waals surface area contributed by atoms with Crippen molar-refractivity contribution in [3.63, 3.8) is 0 Å². The van der Waals surface area contributed by atoms with Crippen LogP contribution in [-0.4, -0.2) is 44.3 Å². The van der Waals surface area contributed by atoms with Crippen LogP contribution in [0.25, 0.3) is 5.69 Å². The Morgan fingerprint density at radius 3 is 2.71 bits per heavy atom. The van der Waals surface area contributed by atoms with E-state index >= 15 is 0 Å². The fourth-order valence-electron chi connectivity index (χ4n) is 3.41. The molecule has 9 heteroatoms. The minimum Gasteiger partial charge on any atom is -0.481 e. The van der Waals surface area contributed by atoms with Crippen LogP contribution in [0.15, 0.2) is 36.5 Å². The standard InChI is InChI=1S/C19H20F3N3O3/c20-19(21,22)13-4-3-6-15(12-13)25-11-9-16(23-25)18(28)24-10-2-1-5-14(24)7-8-17(26)27/h3-4,6,9,11-12,14H,1-2,5,7-8,10H2,(H,26,27). The molecule has 1 fully saturated rings. The van der Waals surface area contributed by atoms with Crippen molar-refractivity contribution in [1.29, 1.82) is 0 Å². The van der Waals surface area contributed by atoms with Crippen molar-refractivity contribution in [3.8, 4) is 5.69 Å². The molecule has 0 radical (unpaired) electrons. The molecule has 1 N–H and O–H groups in total. The number of likely N-dealkylation sites (tertiary alicyclic amines) is 1. The van der Waals surface area contributed by atoms with Crippen LogP contribution in [0.3, 0.4) is 0 Å². The van der Waals surface area contributed by atoms with Gasteiger partial charge in [-0.15, -0.1) is 0 Å². The predicted octanol–water partition coefficient (Wildman–Crippen LogP) is 3.75. The first-order valence-electron chi connectivity index (χ1n) is 9.02. The first-order valence-corrected chi connectivity index (χ1v) is 9.02. The topological polar surface area (TPSA) is 75.4 Å².